The minimum atomic E-state index is -2.03. The fourth-order valence-electron chi connectivity index (χ4n) is 3.95. The van der Waals surface area contributed by atoms with Crippen LogP contribution in [0.1, 0.15) is 39.2 Å². The summed E-state index contributed by atoms with van der Waals surface area (Å²) in [6.45, 7) is 13.3. The summed E-state index contributed by atoms with van der Waals surface area (Å²) in [7, 11) is -2.03. The van der Waals surface area contributed by atoms with Crippen LogP contribution < -0.4 is 4.90 Å². The number of nitriles is 1. The zero-order chi connectivity index (χ0) is 21.4. The van der Waals surface area contributed by atoms with E-state index in [1.807, 2.05) is 11.0 Å². The van der Waals surface area contributed by atoms with Gasteiger partial charge in [-0.25, -0.2) is 4.98 Å². The lowest BCUT2D eigenvalue weighted by Crippen LogP contribution is -2.60. The molecule has 0 aliphatic carbocycles. The van der Waals surface area contributed by atoms with Crippen molar-refractivity contribution in [1.29, 1.82) is 5.26 Å². The minimum Gasteiger partial charge on any atom is -0.411 e. The van der Waals surface area contributed by atoms with Crippen molar-refractivity contribution in [1.82, 2.24) is 9.88 Å². The van der Waals surface area contributed by atoms with Crippen molar-refractivity contribution in [3.8, 4) is 6.07 Å². The monoisotopic (exact) mass is 418 g/mol. The van der Waals surface area contributed by atoms with E-state index in [9.17, 15) is 10.2 Å². The number of anilines is 1. The number of pyridine rings is 1. The molecule has 0 saturated carbocycles. The van der Waals surface area contributed by atoms with Crippen molar-refractivity contribution in [2.75, 3.05) is 24.5 Å². The lowest BCUT2D eigenvalue weighted by molar-refractivity contribution is -0.0781. The van der Waals surface area contributed by atoms with E-state index in [0.29, 0.717) is 25.1 Å². The number of aliphatic hydroxyl groups excluding tert-OH is 2. The molecule has 7 nitrogen and oxygen atoms in total. The van der Waals surface area contributed by atoms with E-state index < -0.39 is 20.6 Å². The van der Waals surface area contributed by atoms with E-state index in [-0.39, 0.29) is 17.2 Å². The molecule has 160 valence electrons. The van der Waals surface area contributed by atoms with Gasteiger partial charge in [-0.05, 0) is 43.1 Å². The zero-order valence-corrected chi connectivity index (χ0v) is 19.2. The molecule has 0 spiro atoms. The highest BCUT2D eigenvalue weighted by Gasteiger charge is 2.46. The fraction of sp³-hybridized carbons (Fsp3) is 0.714. The third kappa shape index (κ3) is 4.65. The molecule has 0 amide bonds. The van der Waals surface area contributed by atoms with Gasteiger partial charge in [0.05, 0.1) is 17.8 Å². The van der Waals surface area contributed by atoms with Gasteiger partial charge < -0.3 is 19.5 Å². The molecular weight excluding hydrogens is 384 g/mol. The van der Waals surface area contributed by atoms with Crippen LogP contribution in [0, 0.1) is 11.3 Å². The van der Waals surface area contributed by atoms with Crippen LogP contribution in [-0.4, -0.2) is 72.5 Å². The van der Waals surface area contributed by atoms with Crippen molar-refractivity contribution >= 4 is 14.1 Å². The number of rotatable bonds is 4. The van der Waals surface area contributed by atoms with Gasteiger partial charge in [-0.2, -0.15) is 5.26 Å². The molecule has 8 heteroatoms. The number of likely N-dealkylation sites (tertiary alicyclic amines) is 1. The van der Waals surface area contributed by atoms with Crippen LogP contribution in [0.25, 0.3) is 0 Å². The highest BCUT2D eigenvalue weighted by atomic mass is 28.4. The topological polar surface area (TPSA) is 92.9 Å². The van der Waals surface area contributed by atoms with E-state index in [2.05, 4.69) is 49.8 Å². The molecule has 2 fully saturated rings. The Morgan fingerprint density at radius 1 is 1.21 bits per heavy atom. The first kappa shape index (κ1) is 22.2. The van der Waals surface area contributed by atoms with E-state index in [0.717, 1.165) is 18.8 Å². The number of hydrogen-bond acceptors (Lipinski definition) is 7. The molecule has 2 saturated heterocycles. The molecule has 2 aliphatic heterocycles. The predicted octanol–water partition coefficient (Wildman–Crippen LogP) is 2.31. The molecule has 3 rings (SSSR count). The number of aliphatic hydroxyl groups is 2. The van der Waals surface area contributed by atoms with Gasteiger partial charge in [-0.15, -0.1) is 0 Å². The smallest absolute Gasteiger partial charge is 0.192 e. The average Bonchev–Trinajstić information content (AvgIpc) is 2.99. The molecule has 0 radical (unpaired) electrons. The third-order valence-corrected chi connectivity index (χ3v) is 11.3. The Kier molecular flexibility index (Phi) is 6.37. The van der Waals surface area contributed by atoms with E-state index in [4.69, 9.17) is 9.69 Å². The molecule has 2 aliphatic rings. The predicted molar refractivity (Wildman–Crippen MR) is 115 cm³/mol. The first-order valence-corrected chi connectivity index (χ1v) is 13.3. The van der Waals surface area contributed by atoms with Crippen LogP contribution >= 0.6 is 0 Å². The summed E-state index contributed by atoms with van der Waals surface area (Å²) in [6, 6.07) is 5.85. The SMILES string of the molecule is CC(C)(C)[Si](C)(C)O[C@@H]1CN(c2ccc(C#N)cn2)CC[C@H]1N1CC[C@@H](O)[C@H]1O. The second-order valence-electron chi connectivity index (χ2n) is 9.74. The molecule has 0 unspecified atom stereocenters. The Labute approximate surface area is 175 Å². The van der Waals surface area contributed by atoms with Gasteiger partial charge in [0, 0.05) is 31.9 Å². The van der Waals surface area contributed by atoms with Crippen molar-refractivity contribution in [3.63, 3.8) is 0 Å². The Bertz CT molecular complexity index is 744. The van der Waals surface area contributed by atoms with Gasteiger partial charge >= 0.3 is 0 Å². The molecule has 1 aromatic rings. The number of hydrogen-bond donors (Lipinski definition) is 2. The normalized spacial score (nSPS) is 29.1. The highest BCUT2D eigenvalue weighted by molar-refractivity contribution is 6.74. The first-order valence-electron chi connectivity index (χ1n) is 10.4. The lowest BCUT2D eigenvalue weighted by Gasteiger charge is -2.48. The molecule has 3 heterocycles. The van der Waals surface area contributed by atoms with Crippen molar-refractivity contribution < 1.29 is 14.6 Å². The van der Waals surface area contributed by atoms with Gasteiger partial charge in [0.15, 0.2) is 8.32 Å². The molecule has 2 N–H and O–H groups in total. The summed E-state index contributed by atoms with van der Waals surface area (Å²) in [4.78, 5) is 8.68. The molecule has 0 bridgehead atoms. The van der Waals surface area contributed by atoms with Crippen LogP contribution in [0.5, 0.6) is 0 Å². The number of nitrogens with zero attached hydrogens (tertiary/aromatic N) is 4. The molecule has 0 aromatic carbocycles. The Morgan fingerprint density at radius 3 is 2.45 bits per heavy atom. The van der Waals surface area contributed by atoms with Gasteiger partial charge in [0.25, 0.3) is 0 Å². The quantitative estimate of drug-likeness (QED) is 0.725. The number of piperidine rings is 1. The Morgan fingerprint density at radius 2 is 1.93 bits per heavy atom. The summed E-state index contributed by atoms with van der Waals surface area (Å²) < 4.78 is 6.83. The maximum atomic E-state index is 10.5. The van der Waals surface area contributed by atoms with Crippen molar-refractivity contribution in [2.24, 2.45) is 0 Å². The van der Waals surface area contributed by atoms with Crippen LogP contribution in [0.15, 0.2) is 18.3 Å². The van der Waals surface area contributed by atoms with Gasteiger partial charge in [-0.1, -0.05) is 20.8 Å². The second-order valence-corrected chi connectivity index (χ2v) is 14.5. The maximum Gasteiger partial charge on any atom is 0.192 e. The van der Waals surface area contributed by atoms with E-state index in [1.54, 1.807) is 12.3 Å². The molecule has 29 heavy (non-hydrogen) atoms. The molecular formula is C21H34N4O3Si. The summed E-state index contributed by atoms with van der Waals surface area (Å²) in [5.41, 5.74) is 0.548. The summed E-state index contributed by atoms with van der Waals surface area (Å²) in [5.74, 6) is 0.841. The zero-order valence-electron chi connectivity index (χ0n) is 18.2. The third-order valence-electron chi connectivity index (χ3n) is 6.77. The summed E-state index contributed by atoms with van der Waals surface area (Å²) in [5, 5.41) is 29.7. The minimum absolute atomic E-state index is 0.0610. The summed E-state index contributed by atoms with van der Waals surface area (Å²) >= 11 is 0. The van der Waals surface area contributed by atoms with Crippen LogP contribution in [0.3, 0.4) is 0 Å². The highest BCUT2D eigenvalue weighted by Crippen LogP contribution is 2.39. The van der Waals surface area contributed by atoms with Crippen molar-refractivity contribution in [2.45, 2.75) is 76.2 Å². The van der Waals surface area contributed by atoms with E-state index >= 15 is 0 Å². The standard InChI is InChI=1S/C21H34N4O3Si/c1-21(2,3)29(4,5)28-18-14-24(19-7-6-15(12-22)13-23-19)10-8-16(18)25-11-9-17(26)20(25)27/h6-7,13,16-18,20,26-27H,8-11,14H2,1-5H3/t16-,17-,18-,20-/m1/s1. The average molecular weight is 419 g/mol. The van der Waals surface area contributed by atoms with Crippen LogP contribution in [0.2, 0.25) is 18.1 Å². The van der Waals surface area contributed by atoms with Gasteiger partial charge in [0.1, 0.15) is 18.1 Å². The Hall–Kier alpha value is -1.50. The first-order chi connectivity index (χ1) is 13.5. The van der Waals surface area contributed by atoms with Crippen molar-refractivity contribution in [3.05, 3.63) is 23.9 Å². The second kappa shape index (κ2) is 8.32. The fourth-order valence-corrected chi connectivity index (χ4v) is 5.29. The van der Waals surface area contributed by atoms with Gasteiger partial charge in [0.2, 0.25) is 0 Å². The number of aromatic nitrogens is 1. The summed E-state index contributed by atoms with van der Waals surface area (Å²) in [6.07, 6.45) is 1.41. The molecule has 1 aromatic heterocycles. The maximum absolute atomic E-state index is 10.5. The van der Waals surface area contributed by atoms with Crippen LogP contribution in [0.4, 0.5) is 5.82 Å². The largest absolute Gasteiger partial charge is 0.411 e. The van der Waals surface area contributed by atoms with Gasteiger partial charge in [-0.3, -0.25) is 4.90 Å². The lowest BCUT2D eigenvalue weighted by atomic mass is 10.00. The molecule has 4 atom stereocenters. The van der Waals surface area contributed by atoms with E-state index in [1.165, 1.54) is 0 Å². The Balaban J connectivity index is 1.83. The van der Waals surface area contributed by atoms with Crippen LogP contribution in [-0.2, 0) is 4.43 Å².